The first-order valence-corrected chi connectivity index (χ1v) is 8.17. The predicted octanol–water partition coefficient (Wildman–Crippen LogP) is 2.39. The minimum absolute atomic E-state index is 0.0394. The molecule has 1 aromatic carbocycles. The van der Waals surface area contributed by atoms with E-state index in [1.165, 1.54) is 4.90 Å². The van der Waals surface area contributed by atoms with Gasteiger partial charge in [0, 0.05) is 16.7 Å². The Balaban J connectivity index is 2.28. The summed E-state index contributed by atoms with van der Waals surface area (Å²) >= 11 is 4.05. The van der Waals surface area contributed by atoms with Gasteiger partial charge in [0.1, 0.15) is 5.75 Å². The van der Waals surface area contributed by atoms with E-state index in [1.807, 2.05) is 29.5 Å². The lowest BCUT2D eigenvalue weighted by Gasteiger charge is -2.17. The van der Waals surface area contributed by atoms with Gasteiger partial charge in [-0.15, -0.1) is 0 Å². The number of carboxylic acids is 1. The molecule has 2 rings (SSSR count). The maximum Gasteiger partial charge on any atom is 0.308 e. The molecular weight excluding hydrogens is 488 g/mol. The van der Waals surface area contributed by atoms with E-state index < -0.39 is 11.9 Å². The number of rotatable bonds is 2. The van der Waals surface area contributed by atoms with Gasteiger partial charge in [-0.05, 0) is 63.2 Å². The zero-order chi connectivity index (χ0) is 15.0. The molecule has 0 aromatic heterocycles. The van der Waals surface area contributed by atoms with Gasteiger partial charge in [0.15, 0.2) is 0 Å². The fourth-order valence-electron chi connectivity index (χ4n) is 2.35. The summed E-state index contributed by atoms with van der Waals surface area (Å²) in [4.78, 5) is 25.1. The van der Waals surface area contributed by atoms with Crippen LogP contribution in [0.3, 0.4) is 0 Å². The minimum atomic E-state index is -0.880. The molecule has 2 atom stereocenters. The Labute approximate surface area is 143 Å². The van der Waals surface area contributed by atoms with Gasteiger partial charge in [0.05, 0.1) is 15.1 Å². The molecule has 2 unspecified atom stereocenters. The average molecular weight is 501 g/mol. The van der Waals surface area contributed by atoms with Crippen LogP contribution in [0.25, 0.3) is 0 Å². The molecule has 0 aliphatic carbocycles. The highest BCUT2D eigenvalue weighted by Gasteiger charge is 2.37. The monoisotopic (exact) mass is 501 g/mol. The zero-order valence-electron chi connectivity index (χ0n) is 10.6. The Bertz CT molecular complexity index is 576. The van der Waals surface area contributed by atoms with Crippen molar-refractivity contribution in [1.29, 1.82) is 0 Å². The molecular formula is C13H13I2NO4. The van der Waals surface area contributed by atoms with E-state index in [-0.39, 0.29) is 29.7 Å². The zero-order valence-corrected chi connectivity index (χ0v) is 15.0. The molecule has 0 spiro atoms. The summed E-state index contributed by atoms with van der Waals surface area (Å²) in [5.41, 5.74) is 0.236. The second-order valence-electron chi connectivity index (χ2n) is 4.92. The van der Waals surface area contributed by atoms with Crippen LogP contribution >= 0.6 is 45.2 Å². The molecule has 0 radical (unpaired) electrons. The van der Waals surface area contributed by atoms with Crippen LogP contribution in [0.15, 0.2) is 12.1 Å². The maximum absolute atomic E-state index is 12.5. The SMILES string of the molecule is CC1CN(C(=O)c2cc(I)cc(I)c2O)CC1C(=O)O. The molecule has 5 nitrogen and oxygen atoms in total. The smallest absolute Gasteiger partial charge is 0.308 e. The van der Waals surface area contributed by atoms with Crippen molar-refractivity contribution < 1.29 is 19.8 Å². The van der Waals surface area contributed by atoms with Crippen molar-refractivity contribution in [3.8, 4) is 5.75 Å². The fourth-order valence-corrected chi connectivity index (χ4v) is 4.20. The van der Waals surface area contributed by atoms with E-state index in [4.69, 9.17) is 5.11 Å². The van der Waals surface area contributed by atoms with Crippen molar-refractivity contribution >= 4 is 57.1 Å². The highest BCUT2D eigenvalue weighted by molar-refractivity contribution is 14.1. The molecule has 1 heterocycles. The molecule has 1 aliphatic heterocycles. The van der Waals surface area contributed by atoms with Gasteiger partial charge >= 0.3 is 5.97 Å². The van der Waals surface area contributed by atoms with Crippen LogP contribution in [0, 0.1) is 19.0 Å². The lowest BCUT2D eigenvalue weighted by atomic mass is 9.99. The van der Waals surface area contributed by atoms with E-state index in [1.54, 1.807) is 12.1 Å². The molecule has 1 aromatic rings. The summed E-state index contributed by atoms with van der Waals surface area (Å²) < 4.78 is 1.47. The minimum Gasteiger partial charge on any atom is -0.506 e. The van der Waals surface area contributed by atoms with E-state index in [9.17, 15) is 14.7 Å². The van der Waals surface area contributed by atoms with Crippen LogP contribution in [0.2, 0.25) is 0 Å². The summed E-state index contributed by atoms with van der Waals surface area (Å²) in [6.07, 6.45) is 0. The molecule has 0 saturated carbocycles. The van der Waals surface area contributed by atoms with Gasteiger partial charge in [-0.1, -0.05) is 6.92 Å². The number of aromatic hydroxyl groups is 1. The Kier molecular flexibility index (Phi) is 4.77. The normalized spacial score (nSPS) is 22.1. The van der Waals surface area contributed by atoms with Crippen LogP contribution in [0.4, 0.5) is 0 Å². The molecule has 108 valence electrons. The van der Waals surface area contributed by atoms with Crippen molar-refractivity contribution in [2.75, 3.05) is 13.1 Å². The number of benzene rings is 1. The van der Waals surface area contributed by atoms with Gasteiger partial charge < -0.3 is 15.1 Å². The third-order valence-corrected chi connectivity index (χ3v) is 4.92. The summed E-state index contributed by atoms with van der Waals surface area (Å²) in [6, 6.07) is 3.40. The Morgan fingerprint density at radius 3 is 2.50 bits per heavy atom. The van der Waals surface area contributed by atoms with Gasteiger partial charge in [-0.25, -0.2) is 0 Å². The Morgan fingerprint density at radius 1 is 1.30 bits per heavy atom. The number of carboxylic acid groups (broad SMARTS) is 1. The van der Waals surface area contributed by atoms with E-state index in [0.29, 0.717) is 10.1 Å². The summed E-state index contributed by atoms with van der Waals surface area (Å²) in [5, 5.41) is 19.1. The number of halogens is 2. The molecule has 0 bridgehead atoms. The number of carbonyl (C=O) groups excluding carboxylic acids is 1. The van der Waals surface area contributed by atoms with Crippen LogP contribution in [0.5, 0.6) is 5.75 Å². The maximum atomic E-state index is 12.5. The fraction of sp³-hybridized carbons (Fsp3) is 0.385. The van der Waals surface area contributed by atoms with Gasteiger partial charge in [-0.3, -0.25) is 9.59 Å². The second kappa shape index (κ2) is 6.04. The number of carbonyl (C=O) groups is 2. The van der Waals surface area contributed by atoms with Crippen molar-refractivity contribution in [1.82, 2.24) is 4.90 Å². The topological polar surface area (TPSA) is 77.8 Å². The Hall–Kier alpha value is -0.580. The van der Waals surface area contributed by atoms with E-state index >= 15 is 0 Å². The van der Waals surface area contributed by atoms with Crippen molar-refractivity contribution in [2.24, 2.45) is 11.8 Å². The number of phenols is 1. The van der Waals surface area contributed by atoms with Crippen molar-refractivity contribution in [3.05, 3.63) is 24.8 Å². The number of nitrogens with zero attached hydrogens (tertiary/aromatic N) is 1. The lowest BCUT2D eigenvalue weighted by Crippen LogP contribution is -2.30. The first-order valence-electron chi connectivity index (χ1n) is 6.01. The first-order chi connectivity index (χ1) is 9.31. The standard InChI is InChI=1S/C13H13I2NO4/c1-6-4-16(5-9(6)13(19)20)12(18)8-2-7(14)3-10(15)11(8)17/h2-3,6,9,17H,4-5H2,1H3,(H,19,20). The van der Waals surface area contributed by atoms with Crippen molar-refractivity contribution in [3.63, 3.8) is 0 Å². The molecule has 2 N–H and O–H groups in total. The first kappa shape index (κ1) is 15.8. The van der Waals surface area contributed by atoms with Crippen LogP contribution in [-0.2, 0) is 4.79 Å². The van der Waals surface area contributed by atoms with Crippen LogP contribution < -0.4 is 0 Å². The lowest BCUT2D eigenvalue weighted by molar-refractivity contribution is -0.142. The van der Waals surface area contributed by atoms with Crippen LogP contribution in [0.1, 0.15) is 17.3 Å². The average Bonchev–Trinajstić information content (AvgIpc) is 2.75. The van der Waals surface area contributed by atoms with Gasteiger partial charge in [0.25, 0.3) is 5.91 Å². The van der Waals surface area contributed by atoms with Crippen molar-refractivity contribution in [2.45, 2.75) is 6.92 Å². The molecule has 20 heavy (non-hydrogen) atoms. The Morgan fingerprint density at radius 2 is 1.95 bits per heavy atom. The summed E-state index contributed by atoms with van der Waals surface area (Å²) in [7, 11) is 0. The quantitative estimate of drug-likeness (QED) is 0.611. The number of hydrogen-bond donors (Lipinski definition) is 2. The highest BCUT2D eigenvalue weighted by atomic mass is 127. The number of phenolic OH excluding ortho intramolecular Hbond substituents is 1. The molecule has 1 aliphatic rings. The molecule has 1 fully saturated rings. The van der Waals surface area contributed by atoms with Gasteiger partial charge in [-0.2, -0.15) is 0 Å². The summed E-state index contributed by atoms with van der Waals surface area (Å²) in [6.45, 7) is 2.42. The summed E-state index contributed by atoms with van der Waals surface area (Å²) in [5.74, 6) is -1.85. The number of likely N-dealkylation sites (tertiary alicyclic amines) is 1. The number of amides is 1. The predicted molar refractivity (Wildman–Crippen MR) is 89.7 cm³/mol. The largest absolute Gasteiger partial charge is 0.506 e. The molecule has 1 amide bonds. The van der Waals surface area contributed by atoms with Gasteiger partial charge in [0.2, 0.25) is 0 Å². The van der Waals surface area contributed by atoms with E-state index in [2.05, 4.69) is 22.6 Å². The third-order valence-electron chi connectivity index (χ3n) is 3.48. The number of hydrogen-bond acceptors (Lipinski definition) is 3. The van der Waals surface area contributed by atoms with Crippen LogP contribution in [-0.4, -0.2) is 40.1 Å². The third kappa shape index (κ3) is 3.02. The molecule has 7 heteroatoms. The second-order valence-corrected chi connectivity index (χ2v) is 7.32. The molecule has 1 saturated heterocycles. The van der Waals surface area contributed by atoms with E-state index in [0.717, 1.165) is 3.57 Å². The number of aliphatic carboxylic acids is 1. The highest BCUT2D eigenvalue weighted by Crippen LogP contribution is 2.31.